The molecule has 1 unspecified atom stereocenters. The maximum absolute atomic E-state index is 12.5. The number of rotatable bonds is 5. The number of thiophene rings is 1. The lowest BCUT2D eigenvalue weighted by Gasteiger charge is -2.15. The van der Waals surface area contributed by atoms with E-state index in [1.165, 1.54) is 11.3 Å². The zero-order valence-electron chi connectivity index (χ0n) is 14.8. The van der Waals surface area contributed by atoms with Gasteiger partial charge in [0.15, 0.2) is 0 Å². The molecular formula is C20H15N5OS2. The normalized spacial score (nSPS) is 11.2. The molecule has 1 aromatic carbocycles. The van der Waals surface area contributed by atoms with Gasteiger partial charge in [0, 0.05) is 11.3 Å². The van der Waals surface area contributed by atoms with E-state index in [0.29, 0.717) is 16.3 Å². The molecule has 28 heavy (non-hydrogen) atoms. The number of aromatic nitrogens is 1. The van der Waals surface area contributed by atoms with Crippen LogP contribution in [0.1, 0.15) is 18.1 Å². The van der Waals surface area contributed by atoms with Crippen LogP contribution >= 0.6 is 23.1 Å². The second-order valence-electron chi connectivity index (χ2n) is 5.78. The molecule has 6 nitrogen and oxygen atoms in total. The fourth-order valence-corrected chi connectivity index (χ4v) is 4.13. The monoisotopic (exact) mass is 405 g/mol. The predicted octanol–water partition coefficient (Wildman–Crippen LogP) is 4.25. The second-order valence-corrected chi connectivity index (χ2v) is 7.89. The minimum atomic E-state index is -0.525. The highest BCUT2D eigenvalue weighted by molar-refractivity contribution is 8.00. The van der Waals surface area contributed by atoms with Crippen LogP contribution in [0.15, 0.2) is 52.2 Å². The number of benzene rings is 1. The molecule has 138 valence electrons. The molecule has 1 atom stereocenters. The Balaban J connectivity index is 1.95. The molecule has 0 saturated heterocycles. The van der Waals surface area contributed by atoms with E-state index in [2.05, 4.69) is 16.4 Å². The molecule has 8 heteroatoms. The maximum Gasteiger partial charge on any atom is 0.237 e. The highest BCUT2D eigenvalue weighted by atomic mass is 32.2. The summed E-state index contributed by atoms with van der Waals surface area (Å²) < 4.78 is 0. The van der Waals surface area contributed by atoms with Crippen molar-refractivity contribution in [1.29, 1.82) is 10.5 Å². The molecule has 0 bridgehead atoms. The van der Waals surface area contributed by atoms with Crippen molar-refractivity contribution < 1.29 is 4.79 Å². The van der Waals surface area contributed by atoms with Crippen molar-refractivity contribution in [2.24, 2.45) is 0 Å². The van der Waals surface area contributed by atoms with Crippen LogP contribution in [0.2, 0.25) is 0 Å². The number of hydrogen-bond acceptors (Lipinski definition) is 7. The molecule has 0 saturated carbocycles. The average Bonchev–Trinajstić information content (AvgIpc) is 3.22. The number of thioether (sulfide) groups is 1. The largest absolute Gasteiger partial charge is 0.383 e. The van der Waals surface area contributed by atoms with Gasteiger partial charge in [-0.1, -0.05) is 30.0 Å². The molecule has 0 aliphatic carbocycles. The standard InChI is InChI=1S/C20H15N5OS2/c1-12(19(26)24-14-5-3-2-4-6-14)28-20-16(10-22)17(13-7-8-27-11-13)15(9-21)18(23)25-20/h2-8,11-12H,1H3,(H2,23,25)(H,24,26). The summed E-state index contributed by atoms with van der Waals surface area (Å²) in [6.07, 6.45) is 0. The smallest absolute Gasteiger partial charge is 0.237 e. The minimum Gasteiger partial charge on any atom is -0.383 e. The van der Waals surface area contributed by atoms with E-state index in [0.717, 1.165) is 17.3 Å². The topological polar surface area (TPSA) is 116 Å². The van der Waals surface area contributed by atoms with Crippen molar-refractivity contribution in [3.63, 3.8) is 0 Å². The summed E-state index contributed by atoms with van der Waals surface area (Å²) in [7, 11) is 0. The lowest BCUT2D eigenvalue weighted by Crippen LogP contribution is -2.22. The van der Waals surface area contributed by atoms with E-state index in [9.17, 15) is 15.3 Å². The number of carbonyl (C=O) groups excluding carboxylic acids is 1. The van der Waals surface area contributed by atoms with Gasteiger partial charge in [0.05, 0.1) is 10.8 Å². The first-order valence-corrected chi connectivity index (χ1v) is 10.1. The Hall–Kier alpha value is -3.33. The third-order valence-electron chi connectivity index (χ3n) is 3.92. The maximum atomic E-state index is 12.5. The summed E-state index contributed by atoms with van der Waals surface area (Å²) >= 11 is 2.59. The van der Waals surface area contributed by atoms with Crippen LogP contribution in [-0.4, -0.2) is 16.1 Å². The number of hydrogen-bond donors (Lipinski definition) is 2. The Kier molecular flexibility index (Phi) is 5.95. The molecule has 2 aromatic heterocycles. The van der Waals surface area contributed by atoms with E-state index >= 15 is 0 Å². The fraction of sp³-hybridized carbons (Fsp3) is 0.100. The number of pyridine rings is 1. The van der Waals surface area contributed by atoms with Crippen LogP contribution in [0.3, 0.4) is 0 Å². The number of nitriles is 2. The zero-order valence-corrected chi connectivity index (χ0v) is 16.5. The lowest BCUT2D eigenvalue weighted by molar-refractivity contribution is -0.115. The van der Waals surface area contributed by atoms with E-state index < -0.39 is 5.25 Å². The molecule has 3 N–H and O–H groups in total. The van der Waals surface area contributed by atoms with Crippen molar-refractivity contribution in [3.05, 3.63) is 58.3 Å². The first kappa shape index (κ1) is 19.4. The number of amides is 1. The van der Waals surface area contributed by atoms with Crippen LogP contribution < -0.4 is 11.1 Å². The summed E-state index contributed by atoms with van der Waals surface area (Å²) in [5, 5.41) is 25.6. The SMILES string of the molecule is CC(Sc1nc(N)c(C#N)c(-c2ccsc2)c1C#N)C(=O)Nc1ccccc1. The molecule has 1 amide bonds. The first-order chi connectivity index (χ1) is 13.5. The summed E-state index contributed by atoms with van der Waals surface area (Å²) in [5.41, 5.74) is 8.27. The number of para-hydroxylation sites is 1. The highest BCUT2D eigenvalue weighted by Gasteiger charge is 2.24. The quantitative estimate of drug-likeness (QED) is 0.613. The summed E-state index contributed by atoms with van der Waals surface area (Å²) in [4.78, 5) is 16.7. The Bertz CT molecular complexity index is 1080. The molecule has 0 spiro atoms. The van der Waals surface area contributed by atoms with Gasteiger partial charge in [-0.3, -0.25) is 4.79 Å². The number of nitrogen functional groups attached to an aromatic ring is 1. The van der Waals surface area contributed by atoms with Gasteiger partial charge in [-0.15, -0.1) is 0 Å². The molecule has 3 aromatic rings. The molecule has 3 rings (SSSR count). The Morgan fingerprint density at radius 2 is 1.93 bits per heavy atom. The van der Waals surface area contributed by atoms with E-state index in [4.69, 9.17) is 5.73 Å². The highest BCUT2D eigenvalue weighted by Crippen LogP contribution is 2.37. The van der Waals surface area contributed by atoms with Crippen molar-refractivity contribution in [3.8, 4) is 23.3 Å². The number of nitrogens with one attached hydrogen (secondary N) is 1. The number of nitrogens with two attached hydrogens (primary N) is 1. The van der Waals surface area contributed by atoms with Gasteiger partial charge >= 0.3 is 0 Å². The van der Waals surface area contributed by atoms with E-state index in [1.54, 1.807) is 19.1 Å². The minimum absolute atomic E-state index is 0.0425. The van der Waals surface area contributed by atoms with Gasteiger partial charge in [0.25, 0.3) is 0 Å². The zero-order chi connectivity index (χ0) is 20.1. The van der Waals surface area contributed by atoms with Crippen LogP contribution in [-0.2, 0) is 4.79 Å². The van der Waals surface area contributed by atoms with E-state index in [-0.39, 0.29) is 22.9 Å². The van der Waals surface area contributed by atoms with Crippen molar-refractivity contribution in [2.75, 3.05) is 11.1 Å². The molecule has 0 aliphatic heterocycles. The van der Waals surface area contributed by atoms with E-state index in [1.807, 2.05) is 41.1 Å². The van der Waals surface area contributed by atoms with Crippen LogP contribution in [0.4, 0.5) is 11.5 Å². The van der Waals surface area contributed by atoms with Gasteiger partial charge in [-0.05, 0) is 41.4 Å². The molecule has 2 heterocycles. The number of nitrogens with zero attached hydrogens (tertiary/aromatic N) is 3. The van der Waals surface area contributed by atoms with Gasteiger partial charge in [0.2, 0.25) is 5.91 Å². The predicted molar refractivity (Wildman–Crippen MR) is 112 cm³/mol. The number of carbonyl (C=O) groups is 1. The van der Waals surface area contributed by atoms with Crippen LogP contribution in [0, 0.1) is 22.7 Å². The number of anilines is 2. The second kappa shape index (κ2) is 8.57. The summed E-state index contributed by atoms with van der Waals surface area (Å²) in [5.74, 6) is -0.178. The molecule has 0 aliphatic rings. The van der Waals surface area contributed by atoms with Crippen LogP contribution in [0.25, 0.3) is 11.1 Å². The Morgan fingerprint density at radius 1 is 1.21 bits per heavy atom. The van der Waals surface area contributed by atoms with Crippen molar-refractivity contribution in [2.45, 2.75) is 17.2 Å². The lowest BCUT2D eigenvalue weighted by atomic mass is 9.99. The average molecular weight is 406 g/mol. The fourth-order valence-electron chi connectivity index (χ4n) is 2.57. The van der Waals surface area contributed by atoms with Gasteiger partial charge < -0.3 is 11.1 Å². The summed E-state index contributed by atoms with van der Waals surface area (Å²) in [6, 6.07) is 15.1. The van der Waals surface area contributed by atoms with Gasteiger partial charge in [0.1, 0.15) is 28.5 Å². The molecular weight excluding hydrogens is 390 g/mol. The van der Waals surface area contributed by atoms with Gasteiger partial charge in [-0.2, -0.15) is 21.9 Å². The van der Waals surface area contributed by atoms with Gasteiger partial charge in [-0.25, -0.2) is 4.98 Å². The third-order valence-corrected chi connectivity index (χ3v) is 5.69. The first-order valence-electron chi connectivity index (χ1n) is 8.24. The molecule has 0 radical (unpaired) electrons. The Morgan fingerprint density at radius 3 is 2.54 bits per heavy atom. The van der Waals surface area contributed by atoms with Crippen molar-refractivity contribution in [1.82, 2.24) is 4.98 Å². The van der Waals surface area contributed by atoms with Crippen molar-refractivity contribution >= 4 is 40.5 Å². The summed E-state index contributed by atoms with van der Waals surface area (Å²) in [6.45, 7) is 1.73. The van der Waals surface area contributed by atoms with Crippen LogP contribution in [0.5, 0.6) is 0 Å². The molecule has 0 fully saturated rings. The third kappa shape index (κ3) is 3.99. The Labute approximate surface area is 170 Å².